The van der Waals surface area contributed by atoms with Gasteiger partial charge in [-0.25, -0.2) is 0 Å². The lowest BCUT2D eigenvalue weighted by atomic mass is 9.88. The van der Waals surface area contributed by atoms with Gasteiger partial charge >= 0.3 is 0 Å². The summed E-state index contributed by atoms with van der Waals surface area (Å²) in [6.07, 6.45) is 0.768. The Balaban J connectivity index is 1.24. The molecule has 0 aromatic heterocycles. The average Bonchev–Trinajstić information content (AvgIpc) is 3.09. The topological polar surface area (TPSA) is 36.9 Å². The van der Waals surface area contributed by atoms with Crippen molar-refractivity contribution in [2.24, 2.45) is 0 Å². The molecule has 0 spiro atoms. The van der Waals surface area contributed by atoms with Crippen LogP contribution >= 0.6 is 0 Å². The molecule has 0 heterocycles. The summed E-state index contributed by atoms with van der Waals surface area (Å²) in [5.41, 5.74) is 8.25. The maximum absolute atomic E-state index is 6.07. The fraction of sp³-hybridized carbons (Fsp3) is 0.200. The second-order valence-corrected chi connectivity index (χ2v) is 10.4. The Morgan fingerprint density at radius 1 is 0.386 bits per heavy atom. The van der Waals surface area contributed by atoms with E-state index in [2.05, 4.69) is 97.1 Å². The zero-order valence-corrected chi connectivity index (χ0v) is 25.1. The molecule has 0 aliphatic heterocycles. The molecular weight excluding hydrogens is 544 g/mol. The average molecular weight is 585 g/mol. The van der Waals surface area contributed by atoms with Gasteiger partial charge < -0.3 is 18.9 Å². The van der Waals surface area contributed by atoms with Crippen molar-refractivity contribution in [2.75, 3.05) is 33.0 Å². The van der Waals surface area contributed by atoms with E-state index in [9.17, 15) is 0 Å². The van der Waals surface area contributed by atoms with Crippen molar-refractivity contribution in [1.82, 2.24) is 0 Å². The van der Waals surface area contributed by atoms with Crippen molar-refractivity contribution >= 4 is 11.1 Å². The maximum Gasteiger partial charge on any atom is 0.119 e. The van der Waals surface area contributed by atoms with Crippen LogP contribution in [0.25, 0.3) is 11.1 Å². The van der Waals surface area contributed by atoms with Gasteiger partial charge in [0.15, 0.2) is 0 Å². The van der Waals surface area contributed by atoms with Gasteiger partial charge in [-0.2, -0.15) is 0 Å². The molecule has 0 unspecified atom stereocenters. The van der Waals surface area contributed by atoms with E-state index >= 15 is 0 Å². The molecule has 224 valence electrons. The number of hydrogen-bond donors (Lipinski definition) is 0. The third-order valence-electron chi connectivity index (χ3n) is 7.22. The molecule has 0 bridgehead atoms. The molecule has 0 N–H and O–H groups in total. The van der Waals surface area contributed by atoms with Crippen LogP contribution in [0.4, 0.5) is 0 Å². The first kappa shape index (κ1) is 31.0. The van der Waals surface area contributed by atoms with Crippen LogP contribution in [0.3, 0.4) is 0 Å². The van der Waals surface area contributed by atoms with Gasteiger partial charge in [0.05, 0.1) is 39.6 Å². The first-order valence-electron chi connectivity index (χ1n) is 15.2. The van der Waals surface area contributed by atoms with Gasteiger partial charge in [-0.3, -0.25) is 0 Å². The standard InChI is InChI=1S/C40H40O4/c1-5-13-33(14-6-1)31-42-28-27-41-26-25-39(35-17-9-3-10-18-35)40(36-19-11-4-12-20-36)37-21-23-38(24-22-37)44-30-29-43-32-34-15-7-2-8-16-34/h1-24H,25-32H2/b40-39-. The number of rotatable bonds is 17. The van der Waals surface area contributed by atoms with Gasteiger partial charge in [0, 0.05) is 0 Å². The van der Waals surface area contributed by atoms with Crippen molar-refractivity contribution < 1.29 is 18.9 Å². The van der Waals surface area contributed by atoms with Crippen molar-refractivity contribution in [3.8, 4) is 5.75 Å². The van der Waals surface area contributed by atoms with E-state index in [1.807, 2.05) is 48.5 Å². The van der Waals surface area contributed by atoms with Crippen LogP contribution < -0.4 is 4.74 Å². The Morgan fingerprint density at radius 3 is 1.41 bits per heavy atom. The zero-order valence-electron chi connectivity index (χ0n) is 25.1. The second-order valence-electron chi connectivity index (χ2n) is 10.4. The molecule has 0 aliphatic carbocycles. The summed E-state index contributed by atoms with van der Waals surface area (Å²) in [4.78, 5) is 0. The van der Waals surface area contributed by atoms with Gasteiger partial charge in [-0.15, -0.1) is 0 Å². The molecule has 0 amide bonds. The predicted octanol–water partition coefficient (Wildman–Crippen LogP) is 8.86. The summed E-state index contributed by atoms with van der Waals surface area (Å²) >= 11 is 0. The lowest BCUT2D eigenvalue weighted by Crippen LogP contribution is -2.07. The lowest BCUT2D eigenvalue weighted by molar-refractivity contribution is 0.0426. The van der Waals surface area contributed by atoms with E-state index in [-0.39, 0.29) is 0 Å². The monoisotopic (exact) mass is 584 g/mol. The molecule has 44 heavy (non-hydrogen) atoms. The smallest absolute Gasteiger partial charge is 0.119 e. The highest BCUT2D eigenvalue weighted by atomic mass is 16.5. The number of benzene rings is 5. The molecule has 4 heteroatoms. The molecule has 0 aliphatic rings. The van der Waals surface area contributed by atoms with E-state index in [0.717, 1.165) is 23.3 Å². The molecule has 0 saturated carbocycles. The third kappa shape index (κ3) is 9.78. The van der Waals surface area contributed by atoms with E-state index in [0.29, 0.717) is 46.2 Å². The van der Waals surface area contributed by atoms with Crippen molar-refractivity contribution in [2.45, 2.75) is 19.6 Å². The Hall–Kier alpha value is -4.48. The molecule has 5 rings (SSSR count). The SMILES string of the molecule is c1ccc(COCCOCC/C(=C(\c2ccccc2)c2ccc(OCCOCc3ccccc3)cc2)c2ccccc2)cc1. The van der Waals surface area contributed by atoms with Crippen molar-refractivity contribution in [3.05, 3.63) is 173 Å². The molecule has 5 aromatic rings. The summed E-state index contributed by atoms with van der Waals surface area (Å²) < 4.78 is 23.7. The molecular formula is C40H40O4. The van der Waals surface area contributed by atoms with E-state index in [4.69, 9.17) is 18.9 Å². The van der Waals surface area contributed by atoms with Gasteiger partial charge in [-0.1, -0.05) is 133 Å². The molecule has 0 fully saturated rings. The Bertz CT molecular complexity index is 1520. The first-order valence-corrected chi connectivity index (χ1v) is 15.2. The van der Waals surface area contributed by atoms with Crippen molar-refractivity contribution in [1.29, 1.82) is 0 Å². The Labute approximate surface area is 261 Å². The van der Waals surface area contributed by atoms with E-state index in [1.54, 1.807) is 0 Å². The van der Waals surface area contributed by atoms with Crippen LogP contribution in [-0.2, 0) is 27.4 Å². The molecule has 0 radical (unpaired) electrons. The minimum Gasteiger partial charge on any atom is -0.491 e. The van der Waals surface area contributed by atoms with Gasteiger partial charge in [-0.05, 0) is 57.5 Å². The normalized spacial score (nSPS) is 11.6. The number of hydrogen-bond acceptors (Lipinski definition) is 4. The Kier molecular flexibility index (Phi) is 12.4. The molecule has 0 atom stereocenters. The van der Waals surface area contributed by atoms with Crippen LogP contribution in [0.15, 0.2) is 146 Å². The van der Waals surface area contributed by atoms with Gasteiger partial charge in [0.1, 0.15) is 12.4 Å². The fourth-order valence-electron chi connectivity index (χ4n) is 5.03. The molecule has 5 aromatic carbocycles. The largest absolute Gasteiger partial charge is 0.491 e. The summed E-state index contributed by atoms with van der Waals surface area (Å²) in [6, 6.07) is 49.9. The minimum absolute atomic E-state index is 0.495. The Morgan fingerprint density at radius 2 is 0.841 bits per heavy atom. The number of ether oxygens (including phenoxy) is 4. The predicted molar refractivity (Wildman–Crippen MR) is 178 cm³/mol. The minimum atomic E-state index is 0.495. The summed E-state index contributed by atoms with van der Waals surface area (Å²) in [5, 5.41) is 0. The summed E-state index contributed by atoms with van der Waals surface area (Å²) in [6.45, 7) is 3.91. The first-order chi connectivity index (χ1) is 21.9. The van der Waals surface area contributed by atoms with Gasteiger partial charge in [0.25, 0.3) is 0 Å². The van der Waals surface area contributed by atoms with Crippen LogP contribution in [0.2, 0.25) is 0 Å². The van der Waals surface area contributed by atoms with Crippen molar-refractivity contribution in [3.63, 3.8) is 0 Å². The highest BCUT2D eigenvalue weighted by Crippen LogP contribution is 2.35. The maximum atomic E-state index is 6.07. The van der Waals surface area contributed by atoms with Crippen LogP contribution in [0, 0.1) is 0 Å². The summed E-state index contributed by atoms with van der Waals surface area (Å²) in [7, 11) is 0. The second kappa shape index (κ2) is 17.6. The fourth-order valence-corrected chi connectivity index (χ4v) is 5.03. The van der Waals surface area contributed by atoms with E-state index < -0.39 is 0 Å². The van der Waals surface area contributed by atoms with Crippen LogP contribution in [0.5, 0.6) is 5.75 Å². The van der Waals surface area contributed by atoms with Gasteiger partial charge in [0.2, 0.25) is 0 Å². The quantitative estimate of drug-likeness (QED) is 0.0808. The lowest BCUT2D eigenvalue weighted by Gasteiger charge is -2.18. The van der Waals surface area contributed by atoms with E-state index in [1.165, 1.54) is 27.8 Å². The highest BCUT2D eigenvalue weighted by Gasteiger charge is 2.14. The summed E-state index contributed by atoms with van der Waals surface area (Å²) in [5.74, 6) is 0.824. The van der Waals surface area contributed by atoms with Crippen LogP contribution in [0.1, 0.15) is 34.2 Å². The molecule has 4 nitrogen and oxygen atoms in total. The zero-order chi connectivity index (χ0) is 30.1. The van der Waals surface area contributed by atoms with Crippen LogP contribution in [-0.4, -0.2) is 33.0 Å². The third-order valence-corrected chi connectivity index (χ3v) is 7.22. The highest BCUT2D eigenvalue weighted by molar-refractivity contribution is 5.98. The molecule has 0 saturated heterocycles.